The summed E-state index contributed by atoms with van der Waals surface area (Å²) in [7, 11) is 8.71. The quantitative estimate of drug-likeness (QED) is 0.0213. The van der Waals surface area contributed by atoms with Crippen molar-refractivity contribution in [2.24, 2.45) is 177 Å². The summed E-state index contributed by atoms with van der Waals surface area (Å²) < 4.78 is 54.3. The summed E-state index contributed by atoms with van der Waals surface area (Å²) in [5.74, 6) is 14.5. The van der Waals surface area contributed by atoms with Gasteiger partial charge in [0.25, 0.3) is 0 Å². The van der Waals surface area contributed by atoms with Gasteiger partial charge in [0.1, 0.15) is 0 Å². The zero-order valence-electron chi connectivity index (χ0n) is 101. The molecular weight excluding hydrogens is 1780 g/mol. The number of aliphatic hydroxyl groups excluding tert-OH is 11. The van der Waals surface area contributed by atoms with Crippen LogP contribution in [0.4, 0.5) is 8.78 Å². The minimum absolute atomic E-state index is 0.0185. The fraction of sp³-hybridized carbons (Fsp3) is 0.940. The fourth-order valence-electron chi connectivity index (χ4n) is 12.8. The Balaban J connectivity index is -0.000000101. The predicted octanol–water partition coefficient (Wildman–Crippen LogP) is 24.8. The summed E-state index contributed by atoms with van der Waals surface area (Å²) in [5.41, 5.74) is 0.992. The molecule has 0 fully saturated rings. The van der Waals surface area contributed by atoms with Gasteiger partial charge in [-0.2, -0.15) is 0 Å². The van der Waals surface area contributed by atoms with Crippen molar-refractivity contribution in [2.75, 3.05) is 147 Å². The molecule has 0 aliphatic carbocycles. The van der Waals surface area contributed by atoms with Gasteiger partial charge in [-0.25, -0.2) is 0 Å². The number of nitrogens with zero attached hydrogens (tertiary/aromatic N) is 1. The van der Waals surface area contributed by atoms with E-state index in [0.717, 1.165) is 69.2 Å². The lowest BCUT2D eigenvalue weighted by Gasteiger charge is -2.32. The molecular formula is C116H251F2NO19S. The Morgan fingerprint density at radius 1 is 0.403 bits per heavy atom. The van der Waals surface area contributed by atoms with Crippen LogP contribution in [0.3, 0.4) is 0 Å². The highest BCUT2D eigenvalue weighted by molar-refractivity contribution is 7.84. The minimum Gasteiger partial charge on any atom is -0.466 e. The molecule has 854 valence electrons. The Morgan fingerprint density at radius 2 is 0.777 bits per heavy atom. The first-order valence-corrected chi connectivity index (χ1v) is 55.3. The number of hydrogen-bond acceptors (Lipinski definition) is 20. The van der Waals surface area contributed by atoms with Crippen LogP contribution in [0.25, 0.3) is 0 Å². The van der Waals surface area contributed by atoms with E-state index in [-0.39, 0.29) is 73.5 Å². The summed E-state index contributed by atoms with van der Waals surface area (Å²) in [6, 6.07) is 10.2. The molecule has 0 heterocycles. The van der Waals surface area contributed by atoms with Gasteiger partial charge in [0.05, 0.1) is 64.2 Å². The van der Waals surface area contributed by atoms with Gasteiger partial charge < -0.3 is 90.2 Å². The third-order valence-electron chi connectivity index (χ3n) is 24.8. The number of carbonyl (C=O) groups is 1. The number of rotatable bonds is 48. The van der Waals surface area contributed by atoms with Crippen molar-refractivity contribution in [1.29, 1.82) is 0 Å². The molecule has 1 aromatic carbocycles. The Labute approximate surface area is 866 Å². The van der Waals surface area contributed by atoms with Crippen LogP contribution in [0, 0.1) is 177 Å². The summed E-state index contributed by atoms with van der Waals surface area (Å²) >= 11 is 0. The van der Waals surface area contributed by atoms with E-state index in [4.69, 9.17) is 75.1 Å². The van der Waals surface area contributed by atoms with E-state index in [1.165, 1.54) is 25.5 Å². The minimum atomic E-state index is -1.16. The van der Waals surface area contributed by atoms with E-state index in [2.05, 4.69) is 246 Å². The highest BCUT2D eigenvalue weighted by Crippen LogP contribution is 2.32. The second-order valence-corrected chi connectivity index (χ2v) is 48.6. The molecule has 13 N–H and O–H groups in total. The van der Waals surface area contributed by atoms with Crippen LogP contribution >= 0.6 is 0 Å². The van der Waals surface area contributed by atoms with Crippen molar-refractivity contribution in [3.63, 3.8) is 0 Å². The average molecular weight is 2030 g/mol. The molecule has 23 heteroatoms. The van der Waals surface area contributed by atoms with E-state index in [1.807, 2.05) is 115 Å². The predicted molar refractivity (Wildman–Crippen MR) is 599 cm³/mol. The molecule has 11 atom stereocenters. The van der Waals surface area contributed by atoms with Crippen LogP contribution in [0.15, 0.2) is 30.3 Å². The maximum absolute atomic E-state index is 11.7. The van der Waals surface area contributed by atoms with Gasteiger partial charge in [0, 0.05) is 133 Å². The van der Waals surface area contributed by atoms with Crippen molar-refractivity contribution >= 4 is 16.8 Å². The zero-order valence-corrected chi connectivity index (χ0v) is 102. The molecule has 0 saturated carbocycles. The lowest BCUT2D eigenvalue weighted by molar-refractivity contribution is -0.142. The van der Waals surface area contributed by atoms with E-state index in [0.29, 0.717) is 169 Å². The number of esters is 1. The number of benzene rings is 1. The second-order valence-electron chi connectivity index (χ2n) is 47.1. The van der Waals surface area contributed by atoms with Crippen LogP contribution in [-0.4, -0.2) is 252 Å². The molecule has 0 bridgehead atoms. The summed E-state index contributed by atoms with van der Waals surface area (Å²) in [4.78, 5) is 12.9. The van der Waals surface area contributed by atoms with Crippen molar-refractivity contribution in [2.45, 2.75) is 387 Å². The monoisotopic (exact) mass is 2030 g/mol. The number of alkyl halides is 2. The average Bonchev–Trinajstić information content (AvgIpc) is 0.862. The van der Waals surface area contributed by atoms with Crippen LogP contribution in [0.2, 0.25) is 0 Å². The van der Waals surface area contributed by atoms with Crippen LogP contribution < -0.4 is 0 Å². The first-order valence-electron chi connectivity index (χ1n) is 53.5. The Bertz CT molecular complexity index is 2450. The van der Waals surface area contributed by atoms with Gasteiger partial charge in [-0.1, -0.05) is 334 Å². The molecule has 0 aliphatic heterocycles. The third-order valence-corrected chi connectivity index (χ3v) is 25.6. The first kappa shape index (κ1) is 168. The van der Waals surface area contributed by atoms with E-state index < -0.39 is 42.1 Å². The lowest BCUT2D eigenvalue weighted by Crippen LogP contribution is -2.28. The van der Waals surface area contributed by atoms with E-state index >= 15 is 0 Å². The van der Waals surface area contributed by atoms with Gasteiger partial charge in [-0.05, 0) is 219 Å². The fourth-order valence-corrected chi connectivity index (χ4v) is 13.5. The number of ether oxygens (including phenoxy) is 4. The number of carbonyl (C=O) groups excluding carboxylic acids is 1. The molecule has 1 rings (SSSR count). The van der Waals surface area contributed by atoms with Gasteiger partial charge >= 0.3 is 5.97 Å². The molecule has 139 heavy (non-hydrogen) atoms. The van der Waals surface area contributed by atoms with Crippen LogP contribution in [-0.2, 0) is 34.5 Å². The third kappa shape index (κ3) is 128. The number of halogens is 2. The van der Waals surface area contributed by atoms with Crippen molar-refractivity contribution < 1.29 is 103 Å². The van der Waals surface area contributed by atoms with Gasteiger partial charge in [0.15, 0.2) is 6.29 Å². The van der Waals surface area contributed by atoms with Crippen LogP contribution in [0.5, 0.6) is 0 Å². The maximum Gasteiger partial charge on any atom is 0.302 e. The molecule has 0 aliphatic rings. The van der Waals surface area contributed by atoms with E-state index in [9.17, 15) is 28.0 Å². The number of aliphatic hydroxyl groups is 13. The molecule has 11 unspecified atom stereocenters. The molecule has 0 radical (unpaired) electrons. The molecule has 0 amide bonds. The second kappa shape index (κ2) is 107. The van der Waals surface area contributed by atoms with Gasteiger partial charge in [0.2, 0.25) is 0 Å². The Hall–Kier alpha value is -1.98. The summed E-state index contributed by atoms with van der Waals surface area (Å²) in [6.07, 6.45) is 5.65. The topological polar surface area (TPSA) is 337 Å². The standard InChI is InChI=1S/C11H16O.C10H20O3S.2C9H20O.C8H19N.C8H18O2.3C8H18O.C7H16O.C6H12F2.3C6H14O2.C6H14O/c1-9(2)11(8-12)10-6-4-3-5-7-10;1-8(2)10(5-6-14(4)12)7-13-9(3)11;1-7(2)8(6-10)9(3,4)5;1-7(2)5-9(6-10)8(3)4;1-7(2)8(3)6-9(4)5;1-7(2)8(5-9-3)6-10-4;1-6(2)8(5-9)7(3)4;1-6(2)5-8(9)7(3)4;1-5-8(6-9-4)7(2)3;1-6(2)5-7(3,4)8;2*1-5(2)6(3-7)4-8;1-5(2)3-6(8)4-7;1-4(2)5(3)6(7)8;1-5(2)6(3)4-7/h3-7,9,11-12H,8H2,1-2H3;8,10H,5-7H2,1-4H3;7-8,10H,6H2,1-5H3;7-10H,5-6H2,1-4H3;7-8H,6H2,1-5H3;7-8H,5-6H2,1-4H3;2*6-9H,5H2,1-4H3;7-8H,5-6H2,1-4H3;6,8H,5H2,1-4H3;5-6H,3-4H2,1-2H3;2*5-8H,3-4H2,1-2H3;4-8H,1-3H3;5-7H,4H2,1-3H3. The highest BCUT2D eigenvalue weighted by atomic mass is 32.2. The van der Waals surface area contributed by atoms with Crippen molar-refractivity contribution in [3.8, 4) is 0 Å². The van der Waals surface area contributed by atoms with Crippen LogP contribution in [0.1, 0.15) is 368 Å². The maximum atomic E-state index is 11.7. The normalized spacial score (nSPS) is 13.9. The summed E-state index contributed by atoms with van der Waals surface area (Å²) in [5, 5.41) is 114. The molecule has 1 aromatic rings. The van der Waals surface area contributed by atoms with Crippen molar-refractivity contribution in [1.82, 2.24) is 4.90 Å². The lowest BCUT2D eigenvalue weighted by atomic mass is 9.75. The summed E-state index contributed by atoms with van der Waals surface area (Å²) in [6.45, 7) is 101. The molecule has 0 aromatic heterocycles. The smallest absolute Gasteiger partial charge is 0.302 e. The largest absolute Gasteiger partial charge is 0.466 e. The van der Waals surface area contributed by atoms with Gasteiger partial charge in [-0.3, -0.25) is 17.8 Å². The molecule has 0 saturated heterocycles. The van der Waals surface area contributed by atoms with E-state index in [1.54, 1.807) is 27.6 Å². The zero-order chi connectivity index (χ0) is 113. The highest BCUT2D eigenvalue weighted by Gasteiger charge is 2.27. The Morgan fingerprint density at radius 3 is 0.899 bits per heavy atom. The first-order chi connectivity index (χ1) is 63.5. The molecule has 0 spiro atoms. The number of methoxy groups -OCH3 is 3. The van der Waals surface area contributed by atoms with Gasteiger partial charge in [-0.15, -0.1) is 0 Å². The van der Waals surface area contributed by atoms with Crippen molar-refractivity contribution in [3.05, 3.63) is 35.9 Å². The Kier molecular flexibility index (Phi) is 129. The SMILES string of the molecule is CC(=O)OCC(CCS(C)=O)C(C)C.CC(C)C(C)C(O)O.CC(C)C(C)CN(C)C.CC(C)C(C)CO.CC(C)C(CF)CF.CC(C)C(CO)C(C)(C)C.CC(C)C(CO)C(C)C.CC(C)C(CO)CO.CC(C)C(CO)c1ccccc1.CC(C)CC(C)(C)O.CC(C)CC(CO)C(C)C.CC(C)CC(O)C(C)C.CC(C)CC(O)CO.CCC(COC)C(C)C.COCC(COC)C(C)C. The number of hydrogen-bond donors (Lipinski definition) is 13. The molecule has 20 nitrogen and oxygen atoms in total.